The predicted molar refractivity (Wildman–Crippen MR) is 116 cm³/mol. The van der Waals surface area contributed by atoms with Gasteiger partial charge in [-0.2, -0.15) is 0 Å². The first-order chi connectivity index (χ1) is 14.2. The molecule has 2 aliphatic heterocycles. The molecule has 0 radical (unpaired) electrons. The Labute approximate surface area is 174 Å². The van der Waals surface area contributed by atoms with Gasteiger partial charge in [-0.1, -0.05) is 60.7 Å². The fourth-order valence-corrected chi connectivity index (χ4v) is 4.86. The zero-order valence-electron chi connectivity index (χ0n) is 17.4. The van der Waals surface area contributed by atoms with E-state index in [9.17, 15) is 4.79 Å². The summed E-state index contributed by atoms with van der Waals surface area (Å²) in [6, 6.07) is 22.2. The molecule has 2 fully saturated rings. The second kappa shape index (κ2) is 9.55. The van der Waals surface area contributed by atoms with Crippen LogP contribution in [0.5, 0.6) is 0 Å². The van der Waals surface area contributed by atoms with Crippen LogP contribution < -0.4 is 0 Å². The van der Waals surface area contributed by atoms with Crippen LogP contribution in [0, 0.1) is 0 Å². The Bertz CT molecular complexity index is 732. The van der Waals surface area contributed by atoms with Crippen LogP contribution in [-0.2, 0) is 9.53 Å². The standard InChI is InChI=1S/C25H32N2O2/c1-20(28)26-14-12-23(13-15-26)27-16-17-29-24(19-27)18-25(21-8-4-2-5-9-21)22-10-6-3-7-11-22/h2-11,23-25H,12-19H2,1H3/t24-/m0/s1. The van der Waals surface area contributed by atoms with E-state index in [1.54, 1.807) is 6.92 Å². The molecule has 1 amide bonds. The summed E-state index contributed by atoms with van der Waals surface area (Å²) >= 11 is 0. The molecule has 0 N–H and O–H groups in total. The van der Waals surface area contributed by atoms with E-state index < -0.39 is 0 Å². The normalized spacial score (nSPS) is 21.4. The number of piperidine rings is 1. The Balaban J connectivity index is 1.42. The lowest BCUT2D eigenvalue weighted by Crippen LogP contribution is -2.52. The highest BCUT2D eigenvalue weighted by Gasteiger charge is 2.31. The van der Waals surface area contributed by atoms with E-state index in [4.69, 9.17) is 4.74 Å². The number of ether oxygens (including phenoxy) is 1. The summed E-state index contributed by atoms with van der Waals surface area (Å²) in [5.74, 6) is 0.554. The van der Waals surface area contributed by atoms with Crippen molar-refractivity contribution in [2.45, 2.75) is 44.2 Å². The molecule has 2 heterocycles. The van der Waals surface area contributed by atoms with Crippen LogP contribution in [0.2, 0.25) is 0 Å². The Morgan fingerprint density at radius 2 is 1.55 bits per heavy atom. The average molecular weight is 393 g/mol. The SMILES string of the molecule is CC(=O)N1CCC(N2CCO[C@@H](CC(c3ccccc3)c3ccccc3)C2)CC1. The van der Waals surface area contributed by atoms with Crippen LogP contribution in [0.4, 0.5) is 0 Å². The molecule has 4 rings (SSSR count). The highest BCUT2D eigenvalue weighted by molar-refractivity contribution is 5.73. The minimum atomic E-state index is 0.205. The van der Waals surface area contributed by atoms with Crippen LogP contribution >= 0.6 is 0 Å². The van der Waals surface area contributed by atoms with Crippen LogP contribution in [0.3, 0.4) is 0 Å². The van der Waals surface area contributed by atoms with Gasteiger partial charge < -0.3 is 9.64 Å². The van der Waals surface area contributed by atoms with Gasteiger partial charge in [0.05, 0.1) is 12.7 Å². The third kappa shape index (κ3) is 5.06. The number of carbonyl (C=O) groups excluding carboxylic acids is 1. The van der Waals surface area contributed by atoms with E-state index in [-0.39, 0.29) is 12.0 Å². The molecule has 0 spiro atoms. The number of nitrogens with zero attached hydrogens (tertiary/aromatic N) is 2. The lowest BCUT2D eigenvalue weighted by molar-refractivity contribution is -0.131. The second-order valence-electron chi connectivity index (χ2n) is 8.33. The number of benzene rings is 2. The Hall–Kier alpha value is -2.17. The lowest BCUT2D eigenvalue weighted by Gasteiger charge is -2.42. The Morgan fingerprint density at radius 3 is 2.10 bits per heavy atom. The summed E-state index contributed by atoms with van der Waals surface area (Å²) < 4.78 is 6.23. The van der Waals surface area contributed by atoms with Gasteiger partial charge >= 0.3 is 0 Å². The van der Waals surface area contributed by atoms with Gasteiger partial charge in [0.1, 0.15) is 0 Å². The zero-order valence-corrected chi connectivity index (χ0v) is 17.4. The predicted octanol–water partition coefficient (Wildman–Crippen LogP) is 3.92. The first-order valence-corrected chi connectivity index (χ1v) is 10.9. The number of hydrogen-bond donors (Lipinski definition) is 0. The van der Waals surface area contributed by atoms with Gasteiger partial charge in [0.25, 0.3) is 0 Å². The number of amides is 1. The van der Waals surface area contributed by atoms with Crippen LogP contribution in [0.1, 0.15) is 43.2 Å². The molecule has 2 saturated heterocycles. The third-order valence-corrected chi connectivity index (χ3v) is 6.50. The zero-order chi connectivity index (χ0) is 20.1. The van der Waals surface area contributed by atoms with Crippen molar-refractivity contribution in [1.82, 2.24) is 9.80 Å². The summed E-state index contributed by atoms with van der Waals surface area (Å²) in [5, 5.41) is 0. The molecule has 2 aromatic carbocycles. The lowest BCUT2D eigenvalue weighted by atomic mass is 9.86. The quantitative estimate of drug-likeness (QED) is 0.773. The monoisotopic (exact) mass is 392 g/mol. The molecular formula is C25H32N2O2. The van der Waals surface area contributed by atoms with Crippen molar-refractivity contribution in [3.63, 3.8) is 0 Å². The summed E-state index contributed by atoms with van der Waals surface area (Å²) in [6.07, 6.45) is 3.39. The van der Waals surface area contributed by atoms with Gasteiger partial charge in [-0.15, -0.1) is 0 Å². The number of likely N-dealkylation sites (tertiary alicyclic amines) is 1. The molecule has 2 aromatic rings. The summed E-state index contributed by atoms with van der Waals surface area (Å²) in [4.78, 5) is 16.2. The highest BCUT2D eigenvalue weighted by Crippen LogP contribution is 2.31. The summed E-state index contributed by atoms with van der Waals surface area (Å²) in [5.41, 5.74) is 2.71. The fourth-order valence-electron chi connectivity index (χ4n) is 4.86. The van der Waals surface area contributed by atoms with Gasteiger partial charge in [-0.3, -0.25) is 9.69 Å². The summed E-state index contributed by atoms with van der Waals surface area (Å²) in [7, 11) is 0. The summed E-state index contributed by atoms with van der Waals surface area (Å²) in [6.45, 7) is 6.24. The maximum atomic E-state index is 11.6. The van der Waals surface area contributed by atoms with Gasteiger partial charge in [0.15, 0.2) is 0 Å². The van der Waals surface area contributed by atoms with Gasteiger partial charge in [0, 0.05) is 45.1 Å². The molecule has 4 nitrogen and oxygen atoms in total. The van der Waals surface area contributed by atoms with Crippen molar-refractivity contribution in [3.05, 3.63) is 71.8 Å². The third-order valence-electron chi connectivity index (χ3n) is 6.50. The molecule has 1 atom stereocenters. The molecule has 4 heteroatoms. The minimum absolute atomic E-state index is 0.205. The highest BCUT2D eigenvalue weighted by atomic mass is 16.5. The van der Waals surface area contributed by atoms with E-state index in [1.807, 2.05) is 4.90 Å². The van der Waals surface area contributed by atoms with Crippen LogP contribution in [0.25, 0.3) is 0 Å². The molecule has 0 bridgehead atoms. The van der Waals surface area contributed by atoms with E-state index >= 15 is 0 Å². The van der Waals surface area contributed by atoms with Crippen molar-refractivity contribution in [2.24, 2.45) is 0 Å². The molecule has 0 aliphatic carbocycles. The van der Waals surface area contributed by atoms with Crippen molar-refractivity contribution in [3.8, 4) is 0 Å². The second-order valence-corrected chi connectivity index (χ2v) is 8.33. The fraction of sp³-hybridized carbons (Fsp3) is 0.480. The van der Waals surface area contributed by atoms with Crippen molar-refractivity contribution in [2.75, 3.05) is 32.8 Å². The van der Waals surface area contributed by atoms with Crippen molar-refractivity contribution < 1.29 is 9.53 Å². The smallest absolute Gasteiger partial charge is 0.219 e. The molecule has 0 unspecified atom stereocenters. The first kappa shape index (κ1) is 20.1. The molecular weight excluding hydrogens is 360 g/mol. The van der Waals surface area contributed by atoms with Gasteiger partial charge in [-0.05, 0) is 30.4 Å². The molecule has 0 aromatic heterocycles. The molecule has 29 heavy (non-hydrogen) atoms. The maximum Gasteiger partial charge on any atom is 0.219 e. The molecule has 2 aliphatic rings. The van der Waals surface area contributed by atoms with E-state index in [0.717, 1.165) is 52.0 Å². The van der Waals surface area contributed by atoms with Crippen molar-refractivity contribution >= 4 is 5.91 Å². The molecule has 0 saturated carbocycles. The molecule has 154 valence electrons. The van der Waals surface area contributed by atoms with Crippen molar-refractivity contribution in [1.29, 1.82) is 0 Å². The van der Waals surface area contributed by atoms with Crippen LogP contribution in [-0.4, -0.2) is 60.6 Å². The van der Waals surface area contributed by atoms with E-state index in [1.165, 1.54) is 11.1 Å². The van der Waals surface area contributed by atoms with Gasteiger partial charge in [-0.25, -0.2) is 0 Å². The Morgan fingerprint density at radius 1 is 0.966 bits per heavy atom. The minimum Gasteiger partial charge on any atom is -0.376 e. The topological polar surface area (TPSA) is 32.8 Å². The Kier molecular flexibility index (Phi) is 6.63. The number of hydrogen-bond acceptors (Lipinski definition) is 3. The number of morpholine rings is 1. The number of rotatable bonds is 5. The first-order valence-electron chi connectivity index (χ1n) is 10.9. The largest absolute Gasteiger partial charge is 0.376 e. The van der Waals surface area contributed by atoms with Gasteiger partial charge in [0.2, 0.25) is 5.91 Å². The van der Waals surface area contributed by atoms with Crippen LogP contribution in [0.15, 0.2) is 60.7 Å². The van der Waals surface area contributed by atoms with E-state index in [0.29, 0.717) is 12.0 Å². The van der Waals surface area contributed by atoms with E-state index in [2.05, 4.69) is 65.6 Å². The average Bonchev–Trinajstić information content (AvgIpc) is 2.79. The number of carbonyl (C=O) groups is 1. The maximum absolute atomic E-state index is 11.6.